The van der Waals surface area contributed by atoms with Crippen LogP contribution in [-0.2, 0) is 13.5 Å². The summed E-state index contributed by atoms with van der Waals surface area (Å²) in [6, 6.07) is 9.85. The predicted octanol–water partition coefficient (Wildman–Crippen LogP) is 3.79. The Labute approximate surface area is 146 Å². The molecular formula is C16H15BrN4OS. The molecule has 0 aliphatic rings. The molecular weight excluding hydrogens is 376 g/mol. The summed E-state index contributed by atoms with van der Waals surface area (Å²) >= 11 is 4.94. The maximum Gasteiger partial charge on any atom is 0.274 e. The molecule has 7 heteroatoms. The highest BCUT2D eigenvalue weighted by Crippen LogP contribution is 2.26. The summed E-state index contributed by atoms with van der Waals surface area (Å²) in [6.07, 6.45) is 2.35. The van der Waals surface area contributed by atoms with Crippen molar-refractivity contribution in [2.24, 2.45) is 7.05 Å². The van der Waals surface area contributed by atoms with Crippen molar-refractivity contribution in [1.29, 1.82) is 0 Å². The standard InChI is InChI=1S/C16H15BrN4OS/c1-10-16(20-15(22)13-7-8-18-21(13)2)23-14(19-10)9-11-3-5-12(17)6-4-11/h3-8H,9H2,1-2H3,(H,20,22). The minimum Gasteiger partial charge on any atom is -0.311 e. The number of hydrogen-bond donors (Lipinski definition) is 1. The SMILES string of the molecule is Cc1nc(Cc2ccc(Br)cc2)sc1NC(=O)c1ccnn1C. The monoisotopic (exact) mass is 390 g/mol. The first kappa shape index (κ1) is 15.9. The molecule has 1 N–H and O–H groups in total. The molecule has 5 nitrogen and oxygen atoms in total. The van der Waals surface area contributed by atoms with Gasteiger partial charge in [-0.15, -0.1) is 11.3 Å². The van der Waals surface area contributed by atoms with Crippen LogP contribution in [-0.4, -0.2) is 20.7 Å². The van der Waals surface area contributed by atoms with E-state index in [4.69, 9.17) is 0 Å². The zero-order valence-corrected chi connectivity index (χ0v) is 15.1. The van der Waals surface area contributed by atoms with Crippen LogP contribution in [0.4, 0.5) is 5.00 Å². The molecule has 0 saturated heterocycles. The number of anilines is 1. The molecule has 0 aliphatic heterocycles. The quantitative estimate of drug-likeness (QED) is 0.736. The highest BCUT2D eigenvalue weighted by atomic mass is 79.9. The van der Waals surface area contributed by atoms with Crippen LogP contribution in [0.5, 0.6) is 0 Å². The Morgan fingerprint density at radius 3 is 2.70 bits per heavy atom. The number of carbonyl (C=O) groups excluding carboxylic acids is 1. The van der Waals surface area contributed by atoms with Crippen LogP contribution >= 0.6 is 27.3 Å². The van der Waals surface area contributed by atoms with Gasteiger partial charge in [-0.2, -0.15) is 5.10 Å². The van der Waals surface area contributed by atoms with Crippen molar-refractivity contribution in [3.8, 4) is 0 Å². The topological polar surface area (TPSA) is 59.8 Å². The van der Waals surface area contributed by atoms with Gasteiger partial charge < -0.3 is 5.32 Å². The average Bonchev–Trinajstić information content (AvgIpc) is 3.08. The van der Waals surface area contributed by atoms with Crippen molar-refractivity contribution in [2.75, 3.05) is 5.32 Å². The van der Waals surface area contributed by atoms with E-state index in [9.17, 15) is 4.79 Å². The molecule has 23 heavy (non-hydrogen) atoms. The van der Waals surface area contributed by atoms with Crippen LogP contribution in [0.15, 0.2) is 41.0 Å². The van der Waals surface area contributed by atoms with E-state index < -0.39 is 0 Å². The number of carbonyl (C=O) groups is 1. The van der Waals surface area contributed by atoms with Crippen LogP contribution in [0.2, 0.25) is 0 Å². The molecule has 3 rings (SSSR count). The number of hydrogen-bond acceptors (Lipinski definition) is 4. The Morgan fingerprint density at radius 2 is 2.04 bits per heavy atom. The van der Waals surface area contributed by atoms with Crippen LogP contribution in [0.1, 0.15) is 26.8 Å². The van der Waals surface area contributed by atoms with Gasteiger partial charge in [0.05, 0.1) is 10.7 Å². The number of nitrogens with zero attached hydrogens (tertiary/aromatic N) is 3. The Hall–Kier alpha value is -1.99. The summed E-state index contributed by atoms with van der Waals surface area (Å²) in [7, 11) is 1.74. The lowest BCUT2D eigenvalue weighted by Gasteiger charge is -2.03. The smallest absolute Gasteiger partial charge is 0.274 e. The molecule has 0 saturated carbocycles. The van der Waals surface area contributed by atoms with Crippen LogP contribution < -0.4 is 5.32 Å². The second-order valence-electron chi connectivity index (χ2n) is 5.12. The van der Waals surface area contributed by atoms with E-state index in [-0.39, 0.29) is 5.91 Å². The molecule has 2 aromatic heterocycles. The molecule has 0 radical (unpaired) electrons. The first-order valence-electron chi connectivity index (χ1n) is 7.03. The summed E-state index contributed by atoms with van der Waals surface area (Å²) in [5.41, 5.74) is 2.54. The lowest BCUT2D eigenvalue weighted by Crippen LogP contribution is -2.15. The fourth-order valence-electron chi connectivity index (χ4n) is 2.18. The summed E-state index contributed by atoms with van der Waals surface area (Å²) in [5, 5.41) is 8.68. The summed E-state index contributed by atoms with van der Waals surface area (Å²) in [5.74, 6) is -0.174. The predicted molar refractivity (Wildman–Crippen MR) is 95.0 cm³/mol. The number of aromatic nitrogens is 3. The highest BCUT2D eigenvalue weighted by molar-refractivity contribution is 9.10. The average molecular weight is 391 g/mol. The fourth-order valence-corrected chi connectivity index (χ4v) is 3.44. The molecule has 0 spiro atoms. The minimum atomic E-state index is -0.174. The van der Waals surface area contributed by atoms with E-state index in [1.807, 2.05) is 19.1 Å². The zero-order chi connectivity index (χ0) is 16.4. The Morgan fingerprint density at radius 1 is 1.30 bits per heavy atom. The molecule has 1 aromatic carbocycles. The lowest BCUT2D eigenvalue weighted by atomic mass is 10.2. The summed E-state index contributed by atoms with van der Waals surface area (Å²) < 4.78 is 2.61. The Balaban J connectivity index is 1.74. The largest absolute Gasteiger partial charge is 0.311 e. The van der Waals surface area contributed by atoms with Crippen molar-refractivity contribution >= 4 is 38.2 Å². The van der Waals surface area contributed by atoms with Gasteiger partial charge in [0.25, 0.3) is 5.91 Å². The molecule has 3 aromatic rings. The van der Waals surface area contributed by atoms with Crippen LogP contribution in [0.25, 0.3) is 0 Å². The molecule has 1 amide bonds. The van der Waals surface area contributed by atoms with Crippen molar-refractivity contribution in [1.82, 2.24) is 14.8 Å². The molecule has 2 heterocycles. The second kappa shape index (κ2) is 6.64. The fraction of sp³-hybridized carbons (Fsp3) is 0.188. The maximum atomic E-state index is 12.3. The molecule has 0 fully saturated rings. The van der Waals surface area contributed by atoms with E-state index in [0.29, 0.717) is 5.69 Å². The molecule has 0 aliphatic carbocycles. The Bertz CT molecular complexity index is 838. The summed E-state index contributed by atoms with van der Waals surface area (Å²) in [4.78, 5) is 16.8. The van der Waals surface area contributed by atoms with Gasteiger partial charge in [-0.05, 0) is 30.7 Å². The van der Waals surface area contributed by atoms with E-state index in [1.165, 1.54) is 16.9 Å². The number of benzene rings is 1. The third-order valence-electron chi connectivity index (χ3n) is 3.39. The third kappa shape index (κ3) is 3.68. The normalized spacial score (nSPS) is 10.7. The van der Waals surface area contributed by atoms with Crippen LogP contribution in [0, 0.1) is 6.92 Å². The zero-order valence-electron chi connectivity index (χ0n) is 12.7. The van der Waals surface area contributed by atoms with Crippen molar-refractivity contribution in [3.63, 3.8) is 0 Å². The van der Waals surface area contributed by atoms with Gasteiger partial charge in [-0.25, -0.2) is 4.98 Å². The van der Waals surface area contributed by atoms with Crippen molar-refractivity contribution in [3.05, 3.63) is 63.0 Å². The van der Waals surface area contributed by atoms with Gasteiger partial charge in [0.15, 0.2) is 0 Å². The van der Waals surface area contributed by atoms with Gasteiger partial charge >= 0.3 is 0 Å². The first-order chi connectivity index (χ1) is 11.0. The third-order valence-corrected chi connectivity index (χ3v) is 4.99. The molecule has 0 atom stereocenters. The molecule has 0 unspecified atom stereocenters. The molecule has 0 bridgehead atoms. The Kier molecular flexibility index (Phi) is 4.58. The van der Waals surface area contributed by atoms with Crippen molar-refractivity contribution < 1.29 is 4.79 Å². The number of thiazole rings is 1. The number of halogens is 1. The van der Waals surface area contributed by atoms with Crippen molar-refractivity contribution in [2.45, 2.75) is 13.3 Å². The number of nitrogens with one attached hydrogen (secondary N) is 1. The first-order valence-corrected chi connectivity index (χ1v) is 8.64. The minimum absolute atomic E-state index is 0.174. The van der Waals surface area contributed by atoms with E-state index in [0.717, 1.165) is 26.6 Å². The van der Waals surface area contributed by atoms with Gasteiger partial charge in [-0.3, -0.25) is 9.48 Å². The van der Waals surface area contributed by atoms with Crippen LogP contribution in [0.3, 0.4) is 0 Å². The number of amides is 1. The number of rotatable bonds is 4. The van der Waals surface area contributed by atoms with Gasteiger partial charge in [0.1, 0.15) is 10.7 Å². The van der Waals surface area contributed by atoms with Gasteiger partial charge in [-0.1, -0.05) is 28.1 Å². The summed E-state index contributed by atoms with van der Waals surface area (Å²) in [6.45, 7) is 1.90. The second-order valence-corrected chi connectivity index (χ2v) is 7.12. The number of aryl methyl sites for hydroxylation is 2. The maximum absolute atomic E-state index is 12.3. The lowest BCUT2D eigenvalue weighted by molar-refractivity contribution is 0.101. The van der Waals surface area contributed by atoms with Gasteiger partial charge in [0.2, 0.25) is 0 Å². The van der Waals surface area contributed by atoms with E-state index in [2.05, 4.69) is 43.5 Å². The highest BCUT2D eigenvalue weighted by Gasteiger charge is 2.14. The molecule has 118 valence electrons. The van der Waals surface area contributed by atoms with E-state index >= 15 is 0 Å². The van der Waals surface area contributed by atoms with E-state index in [1.54, 1.807) is 24.0 Å². The van der Waals surface area contributed by atoms with Gasteiger partial charge in [0, 0.05) is 24.1 Å².